The molecule has 1 N–H and O–H groups in total. The minimum atomic E-state index is -3.05. The number of allylic oxidation sites excluding steroid dienone is 1. The van der Waals surface area contributed by atoms with Crippen molar-refractivity contribution in [2.75, 3.05) is 5.75 Å². The van der Waals surface area contributed by atoms with Crippen molar-refractivity contribution in [3.8, 4) is 0 Å². The molecule has 1 heterocycles. The summed E-state index contributed by atoms with van der Waals surface area (Å²) in [6, 6.07) is 0.304. The Kier molecular flexibility index (Phi) is 4.38. The maximum Gasteiger partial charge on any atom is 0.220 e. The third-order valence-electron chi connectivity index (χ3n) is 5.36. The van der Waals surface area contributed by atoms with Crippen LogP contribution in [0.1, 0.15) is 51.4 Å². The summed E-state index contributed by atoms with van der Waals surface area (Å²) in [5.74, 6) is 1.65. The summed E-state index contributed by atoms with van der Waals surface area (Å²) >= 11 is 0. The Morgan fingerprint density at radius 3 is 2.57 bits per heavy atom. The molecule has 0 unspecified atom stereocenters. The number of carbonyl (C=O) groups is 1. The van der Waals surface area contributed by atoms with Gasteiger partial charge in [-0.05, 0) is 31.1 Å². The van der Waals surface area contributed by atoms with Gasteiger partial charge in [0.2, 0.25) is 5.91 Å². The van der Waals surface area contributed by atoms with Gasteiger partial charge in [-0.2, -0.15) is 0 Å². The van der Waals surface area contributed by atoms with E-state index in [4.69, 9.17) is 0 Å². The van der Waals surface area contributed by atoms with Crippen LogP contribution in [0.15, 0.2) is 11.5 Å². The molecule has 4 nitrogen and oxygen atoms in total. The molecule has 4 atom stereocenters. The van der Waals surface area contributed by atoms with E-state index in [1.165, 1.54) is 37.5 Å². The van der Waals surface area contributed by atoms with E-state index in [2.05, 4.69) is 5.32 Å². The Morgan fingerprint density at radius 2 is 1.86 bits per heavy atom. The monoisotopic (exact) mass is 311 g/mol. The lowest BCUT2D eigenvalue weighted by molar-refractivity contribution is -0.122. The van der Waals surface area contributed by atoms with Gasteiger partial charge in [-0.1, -0.05) is 31.8 Å². The number of sulfone groups is 1. The zero-order valence-electron chi connectivity index (χ0n) is 12.5. The first kappa shape index (κ1) is 15.1. The van der Waals surface area contributed by atoms with Gasteiger partial charge in [0.25, 0.3) is 0 Å². The summed E-state index contributed by atoms with van der Waals surface area (Å²) < 4.78 is 22.7. The molecule has 1 aliphatic heterocycles. The SMILES string of the molecule is O=C(C[C@@H]1C=CS(=O)(=O)C1)N[C@@H]1CC[C@@H]2CCCC[C@H]2C1. The first-order valence-electron chi connectivity index (χ1n) is 8.22. The topological polar surface area (TPSA) is 63.2 Å². The number of hydrogen-bond acceptors (Lipinski definition) is 3. The minimum Gasteiger partial charge on any atom is -0.353 e. The van der Waals surface area contributed by atoms with E-state index in [0.29, 0.717) is 12.5 Å². The van der Waals surface area contributed by atoms with Crippen LogP contribution in [0.2, 0.25) is 0 Å². The van der Waals surface area contributed by atoms with Crippen LogP contribution in [-0.2, 0) is 14.6 Å². The molecule has 3 aliphatic rings. The first-order valence-corrected chi connectivity index (χ1v) is 9.94. The maximum atomic E-state index is 12.1. The molecule has 0 saturated heterocycles. The molecule has 2 fully saturated rings. The largest absolute Gasteiger partial charge is 0.353 e. The van der Waals surface area contributed by atoms with Crippen molar-refractivity contribution in [1.82, 2.24) is 5.32 Å². The smallest absolute Gasteiger partial charge is 0.220 e. The van der Waals surface area contributed by atoms with E-state index in [0.717, 1.165) is 24.7 Å². The van der Waals surface area contributed by atoms with Crippen molar-refractivity contribution in [3.63, 3.8) is 0 Å². The Morgan fingerprint density at radius 1 is 1.10 bits per heavy atom. The van der Waals surface area contributed by atoms with E-state index < -0.39 is 9.84 Å². The normalized spacial score (nSPS) is 37.9. The fourth-order valence-corrected chi connectivity index (χ4v) is 5.69. The molecular formula is C16H25NO3S. The van der Waals surface area contributed by atoms with Gasteiger partial charge in [0.1, 0.15) is 0 Å². The molecule has 0 aromatic carbocycles. The van der Waals surface area contributed by atoms with Gasteiger partial charge in [-0.3, -0.25) is 4.79 Å². The molecule has 0 aromatic heterocycles. The van der Waals surface area contributed by atoms with E-state index in [-0.39, 0.29) is 17.6 Å². The summed E-state index contributed by atoms with van der Waals surface area (Å²) in [4.78, 5) is 12.1. The second-order valence-corrected chi connectivity index (χ2v) is 8.94. The lowest BCUT2D eigenvalue weighted by atomic mass is 9.69. The molecule has 0 bridgehead atoms. The molecule has 0 spiro atoms. The number of amides is 1. The van der Waals surface area contributed by atoms with Crippen molar-refractivity contribution in [1.29, 1.82) is 0 Å². The van der Waals surface area contributed by atoms with Crippen LogP contribution in [0.5, 0.6) is 0 Å². The number of hydrogen-bond donors (Lipinski definition) is 1. The van der Waals surface area contributed by atoms with Crippen LogP contribution < -0.4 is 5.32 Å². The molecule has 21 heavy (non-hydrogen) atoms. The molecule has 0 aromatic rings. The fourth-order valence-electron chi connectivity index (χ4n) is 4.30. The van der Waals surface area contributed by atoms with Gasteiger partial charge < -0.3 is 5.32 Å². The highest BCUT2D eigenvalue weighted by Gasteiger charge is 2.33. The molecular weight excluding hydrogens is 286 g/mol. The van der Waals surface area contributed by atoms with Gasteiger partial charge in [0.15, 0.2) is 9.84 Å². The number of rotatable bonds is 3. The van der Waals surface area contributed by atoms with Crippen molar-refractivity contribution in [2.45, 2.75) is 57.4 Å². The molecule has 118 valence electrons. The molecule has 1 amide bonds. The first-order chi connectivity index (χ1) is 10.0. The van der Waals surface area contributed by atoms with Crippen molar-refractivity contribution in [3.05, 3.63) is 11.5 Å². The van der Waals surface area contributed by atoms with Crippen LogP contribution in [0.4, 0.5) is 0 Å². The fraction of sp³-hybridized carbons (Fsp3) is 0.812. The Bertz CT molecular complexity index is 526. The van der Waals surface area contributed by atoms with Crippen molar-refractivity contribution < 1.29 is 13.2 Å². The second kappa shape index (κ2) is 6.11. The maximum absolute atomic E-state index is 12.1. The third-order valence-corrected chi connectivity index (χ3v) is 6.82. The molecule has 5 heteroatoms. The minimum absolute atomic E-state index is 0.0148. The quantitative estimate of drug-likeness (QED) is 0.870. The van der Waals surface area contributed by atoms with Crippen LogP contribution in [-0.4, -0.2) is 26.1 Å². The lowest BCUT2D eigenvalue weighted by Crippen LogP contribution is -2.42. The lowest BCUT2D eigenvalue weighted by Gasteiger charge is -2.39. The number of carbonyl (C=O) groups excluding carboxylic acids is 1. The highest BCUT2D eigenvalue weighted by Crippen LogP contribution is 2.40. The van der Waals surface area contributed by atoms with E-state index in [1.807, 2.05) is 0 Å². The van der Waals surface area contributed by atoms with Crippen molar-refractivity contribution >= 4 is 15.7 Å². The zero-order chi connectivity index (χ0) is 14.9. The number of nitrogens with one attached hydrogen (secondary N) is 1. The predicted molar refractivity (Wildman–Crippen MR) is 82.3 cm³/mol. The highest BCUT2D eigenvalue weighted by molar-refractivity contribution is 7.94. The summed E-state index contributed by atoms with van der Waals surface area (Å²) in [6.45, 7) is 0. The van der Waals surface area contributed by atoms with Crippen LogP contribution in [0.25, 0.3) is 0 Å². The van der Waals surface area contributed by atoms with E-state index in [9.17, 15) is 13.2 Å². The Labute approximate surface area is 127 Å². The van der Waals surface area contributed by atoms with Crippen LogP contribution in [0.3, 0.4) is 0 Å². The van der Waals surface area contributed by atoms with Gasteiger partial charge in [0.05, 0.1) is 5.75 Å². The average molecular weight is 311 g/mol. The van der Waals surface area contributed by atoms with Crippen molar-refractivity contribution in [2.24, 2.45) is 17.8 Å². The summed E-state index contributed by atoms with van der Waals surface area (Å²) in [6.07, 6.45) is 10.8. The molecule has 0 radical (unpaired) electrons. The average Bonchev–Trinajstić information content (AvgIpc) is 2.77. The van der Waals surface area contributed by atoms with Gasteiger partial charge in [-0.15, -0.1) is 0 Å². The zero-order valence-corrected chi connectivity index (χ0v) is 13.3. The molecule has 2 aliphatic carbocycles. The Hall–Kier alpha value is -0.840. The second-order valence-electron chi connectivity index (χ2n) is 7.00. The predicted octanol–water partition coefficient (Wildman–Crippen LogP) is 2.41. The summed E-state index contributed by atoms with van der Waals surface area (Å²) in [5.41, 5.74) is 0. The van der Waals surface area contributed by atoms with Gasteiger partial charge >= 0.3 is 0 Å². The Balaban J connectivity index is 1.46. The van der Waals surface area contributed by atoms with Gasteiger partial charge in [-0.25, -0.2) is 8.42 Å². The standard InChI is InChI=1S/C16H25NO3S/c18-16(9-12-7-8-21(19,20)11-12)17-15-6-5-13-3-1-2-4-14(13)10-15/h7-8,12-15H,1-6,9-11H2,(H,17,18)/t12-,13-,14-,15+/m0/s1. The summed E-state index contributed by atoms with van der Waals surface area (Å²) in [7, 11) is -3.05. The molecule has 2 saturated carbocycles. The highest BCUT2D eigenvalue weighted by atomic mass is 32.2. The van der Waals surface area contributed by atoms with E-state index in [1.54, 1.807) is 6.08 Å². The third kappa shape index (κ3) is 3.87. The summed E-state index contributed by atoms with van der Waals surface area (Å²) in [5, 5.41) is 4.39. The molecule has 3 rings (SSSR count). The number of fused-ring (bicyclic) bond motifs is 1. The van der Waals surface area contributed by atoms with Crippen LogP contribution >= 0.6 is 0 Å². The van der Waals surface area contributed by atoms with Gasteiger partial charge in [0, 0.05) is 23.8 Å². The van der Waals surface area contributed by atoms with E-state index >= 15 is 0 Å². The van der Waals surface area contributed by atoms with Crippen LogP contribution in [0, 0.1) is 17.8 Å².